The van der Waals surface area contributed by atoms with Crippen molar-refractivity contribution in [1.29, 1.82) is 0 Å². The van der Waals surface area contributed by atoms with Gasteiger partial charge in [0.1, 0.15) is 0 Å². The number of hydrogen-bond donors (Lipinski definition) is 1. The molecule has 4 rings (SSSR count). The molecule has 0 heterocycles. The summed E-state index contributed by atoms with van der Waals surface area (Å²) in [6, 6.07) is 0. The van der Waals surface area contributed by atoms with E-state index >= 15 is 0 Å². The van der Waals surface area contributed by atoms with Gasteiger partial charge in [0.25, 0.3) is 0 Å². The molecule has 0 aromatic carbocycles. The monoisotopic (exact) mass is 412 g/mol. The molecule has 0 aliphatic heterocycles. The third-order valence-electron chi connectivity index (χ3n) is 10.8. The number of allylic oxidation sites excluding steroid dienone is 3. The van der Waals surface area contributed by atoms with E-state index in [2.05, 4.69) is 59.8 Å². The quantitative estimate of drug-likeness (QED) is 0.457. The molecule has 3 fully saturated rings. The lowest BCUT2D eigenvalue weighted by atomic mass is 9.47. The zero-order valence-electron chi connectivity index (χ0n) is 20.7. The molecule has 170 valence electrons. The molecule has 0 spiro atoms. The van der Waals surface area contributed by atoms with Crippen LogP contribution in [0, 0.1) is 52.3 Å². The van der Waals surface area contributed by atoms with Crippen LogP contribution in [0.2, 0.25) is 0 Å². The minimum atomic E-state index is -0.0870. The number of fused-ring (bicyclic) bond motifs is 5. The Morgan fingerprint density at radius 2 is 1.80 bits per heavy atom. The molecule has 0 radical (unpaired) electrons. The molecule has 1 nitrogen and oxygen atoms in total. The molecule has 6 unspecified atom stereocenters. The van der Waals surface area contributed by atoms with Gasteiger partial charge in [-0.1, -0.05) is 65.3 Å². The van der Waals surface area contributed by atoms with Crippen LogP contribution >= 0.6 is 0 Å². The van der Waals surface area contributed by atoms with Crippen molar-refractivity contribution in [2.24, 2.45) is 52.3 Å². The van der Waals surface area contributed by atoms with Crippen molar-refractivity contribution in [3.8, 4) is 0 Å². The van der Waals surface area contributed by atoms with Crippen LogP contribution in [0.5, 0.6) is 0 Å². The van der Waals surface area contributed by atoms with Crippen molar-refractivity contribution < 1.29 is 5.11 Å². The van der Waals surface area contributed by atoms with Gasteiger partial charge in [-0.3, -0.25) is 0 Å². The van der Waals surface area contributed by atoms with Crippen LogP contribution in [0.3, 0.4) is 0 Å². The van der Waals surface area contributed by atoms with Crippen molar-refractivity contribution in [2.45, 2.75) is 105 Å². The standard InChI is InChI=1S/C29H48O/c1-7-21(19(2)3)9-8-20(4)25-12-13-26-24-11-10-22-18-23(30)14-16-28(22,5)27(24)15-17-29(25,26)6/h8-10,19-21,23-27,30H,7,11-18H2,1-6H3/t20?,21?,23-,24?,25?,26?,27?,28-,29+/m0/s1. The van der Waals surface area contributed by atoms with Gasteiger partial charge in [-0.15, -0.1) is 0 Å². The summed E-state index contributed by atoms with van der Waals surface area (Å²) < 4.78 is 0. The normalized spacial score (nSPS) is 45.6. The molecule has 4 aliphatic carbocycles. The predicted molar refractivity (Wildman–Crippen MR) is 128 cm³/mol. The fourth-order valence-electron chi connectivity index (χ4n) is 8.83. The molecular weight excluding hydrogens is 364 g/mol. The maximum Gasteiger partial charge on any atom is 0.0577 e. The Balaban J connectivity index is 1.52. The SMILES string of the molecule is CCC(C=CC(C)C1CCC2C3CC=C4C[C@@H](O)CC[C@]4(C)C3CC[C@]12C)C(C)C. The van der Waals surface area contributed by atoms with Gasteiger partial charge in [0.15, 0.2) is 0 Å². The maximum atomic E-state index is 10.2. The Kier molecular flexibility index (Phi) is 6.35. The van der Waals surface area contributed by atoms with Gasteiger partial charge in [0, 0.05) is 0 Å². The number of rotatable bonds is 5. The van der Waals surface area contributed by atoms with E-state index in [0.29, 0.717) is 16.7 Å². The summed E-state index contributed by atoms with van der Waals surface area (Å²) in [6.45, 7) is 14.8. The van der Waals surface area contributed by atoms with Crippen molar-refractivity contribution >= 4 is 0 Å². The first-order valence-electron chi connectivity index (χ1n) is 13.3. The van der Waals surface area contributed by atoms with Gasteiger partial charge in [-0.05, 0) is 110 Å². The van der Waals surface area contributed by atoms with E-state index in [1.54, 1.807) is 5.57 Å². The summed E-state index contributed by atoms with van der Waals surface area (Å²) in [4.78, 5) is 0. The Labute approximate surface area is 186 Å². The Morgan fingerprint density at radius 3 is 2.50 bits per heavy atom. The summed E-state index contributed by atoms with van der Waals surface area (Å²) in [5.74, 6) is 5.70. The van der Waals surface area contributed by atoms with Crippen molar-refractivity contribution in [3.63, 3.8) is 0 Å². The van der Waals surface area contributed by atoms with Gasteiger partial charge in [-0.2, -0.15) is 0 Å². The lowest BCUT2D eigenvalue weighted by Gasteiger charge is -2.58. The number of aliphatic hydroxyl groups is 1. The molecule has 0 amide bonds. The highest BCUT2D eigenvalue weighted by Crippen LogP contribution is 2.67. The van der Waals surface area contributed by atoms with Gasteiger partial charge in [0.05, 0.1) is 6.10 Å². The predicted octanol–water partition coefficient (Wildman–Crippen LogP) is 7.80. The first-order chi connectivity index (χ1) is 14.2. The second-order valence-corrected chi connectivity index (χ2v) is 12.4. The molecule has 1 N–H and O–H groups in total. The lowest BCUT2D eigenvalue weighted by molar-refractivity contribution is -0.0540. The van der Waals surface area contributed by atoms with Gasteiger partial charge in [-0.25, -0.2) is 0 Å². The third-order valence-corrected chi connectivity index (χ3v) is 10.8. The van der Waals surface area contributed by atoms with Gasteiger partial charge >= 0.3 is 0 Å². The molecule has 9 atom stereocenters. The highest BCUT2D eigenvalue weighted by atomic mass is 16.3. The first-order valence-corrected chi connectivity index (χ1v) is 13.3. The average molecular weight is 413 g/mol. The molecule has 0 aromatic rings. The van der Waals surface area contributed by atoms with Crippen molar-refractivity contribution in [3.05, 3.63) is 23.8 Å². The summed E-state index contributed by atoms with van der Waals surface area (Å²) in [5.41, 5.74) is 2.51. The van der Waals surface area contributed by atoms with E-state index in [0.717, 1.165) is 48.3 Å². The van der Waals surface area contributed by atoms with Crippen molar-refractivity contribution in [2.75, 3.05) is 0 Å². The number of hydrogen-bond acceptors (Lipinski definition) is 1. The molecule has 4 aliphatic rings. The summed E-state index contributed by atoms with van der Waals surface area (Å²) in [7, 11) is 0. The van der Waals surface area contributed by atoms with Gasteiger partial charge < -0.3 is 5.11 Å². The summed E-state index contributed by atoms with van der Waals surface area (Å²) in [5, 5.41) is 10.2. The Bertz CT molecular complexity index is 674. The minimum Gasteiger partial charge on any atom is -0.393 e. The molecule has 0 aromatic heterocycles. The number of aliphatic hydroxyl groups excluding tert-OH is 1. The molecule has 0 saturated heterocycles. The van der Waals surface area contributed by atoms with Crippen LogP contribution in [-0.2, 0) is 0 Å². The van der Waals surface area contributed by atoms with E-state index in [-0.39, 0.29) is 6.10 Å². The van der Waals surface area contributed by atoms with E-state index < -0.39 is 0 Å². The second kappa shape index (κ2) is 8.42. The van der Waals surface area contributed by atoms with Crippen LogP contribution in [0.15, 0.2) is 23.8 Å². The minimum absolute atomic E-state index is 0.0870. The molecule has 3 saturated carbocycles. The highest BCUT2D eigenvalue weighted by molar-refractivity contribution is 5.25. The zero-order valence-corrected chi connectivity index (χ0v) is 20.7. The Hall–Kier alpha value is -0.560. The van der Waals surface area contributed by atoms with E-state index in [1.807, 2.05) is 0 Å². The van der Waals surface area contributed by atoms with Crippen LogP contribution in [-0.4, -0.2) is 11.2 Å². The highest BCUT2D eigenvalue weighted by Gasteiger charge is 2.58. The van der Waals surface area contributed by atoms with Crippen LogP contribution in [0.1, 0.15) is 99.3 Å². The Morgan fingerprint density at radius 1 is 1.03 bits per heavy atom. The van der Waals surface area contributed by atoms with Gasteiger partial charge in [0.2, 0.25) is 0 Å². The zero-order chi connectivity index (χ0) is 21.7. The molecule has 30 heavy (non-hydrogen) atoms. The fourth-order valence-corrected chi connectivity index (χ4v) is 8.83. The maximum absolute atomic E-state index is 10.2. The summed E-state index contributed by atoms with van der Waals surface area (Å²) >= 11 is 0. The lowest BCUT2D eigenvalue weighted by Crippen LogP contribution is -2.50. The van der Waals surface area contributed by atoms with Crippen molar-refractivity contribution in [1.82, 2.24) is 0 Å². The molecule has 0 bridgehead atoms. The first kappa shape index (κ1) is 22.6. The fraction of sp³-hybridized carbons (Fsp3) is 0.862. The topological polar surface area (TPSA) is 20.2 Å². The largest absolute Gasteiger partial charge is 0.393 e. The van der Waals surface area contributed by atoms with E-state index in [4.69, 9.17) is 0 Å². The average Bonchev–Trinajstić information content (AvgIpc) is 3.06. The van der Waals surface area contributed by atoms with Crippen LogP contribution < -0.4 is 0 Å². The molecule has 1 heteroatoms. The smallest absolute Gasteiger partial charge is 0.0577 e. The van der Waals surface area contributed by atoms with Crippen LogP contribution in [0.25, 0.3) is 0 Å². The second-order valence-electron chi connectivity index (χ2n) is 12.4. The molecular formula is C29H48O. The summed E-state index contributed by atoms with van der Waals surface area (Å²) in [6.07, 6.45) is 19.1. The van der Waals surface area contributed by atoms with Crippen LogP contribution in [0.4, 0.5) is 0 Å². The third kappa shape index (κ3) is 3.66. The van der Waals surface area contributed by atoms with E-state index in [1.165, 1.54) is 44.9 Å². The van der Waals surface area contributed by atoms with E-state index in [9.17, 15) is 5.11 Å².